The standard InChI is InChI=1S/C23H26N2O4/c1-27-16-8-14-15(9-17(16)28-2)25-20(26)10-18-21-13-7-19-23(14,22(21)25)4-5-24(19)11-12(13)3-6-29-18/h3,8-9,13,18-19,21-22H,4-7,10-11H2,1-2H3/t13-,18?,19-,21?,22?,23-/m1/s1. The van der Waals surface area contributed by atoms with Gasteiger partial charge in [0.1, 0.15) is 0 Å². The molecule has 3 unspecified atom stereocenters. The van der Waals surface area contributed by atoms with Crippen LogP contribution in [-0.2, 0) is 14.9 Å². The largest absolute Gasteiger partial charge is 0.493 e. The molecule has 2 bridgehead atoms. The van der Waals surface area contributed by atoms with Gasteiger partial charge in [-0.2, -0.15) is 0 Å². The topological polar surface area (TPSA) is 51.2 Å². The van der Waals surface area contributed by atoms with Gasteiger partial charge in [-0.05, 0) is 36.9 Å². The molecule has 5 aliphatic heterocycles. The number of piperidine rings is 2. The normalized spacial score (nSPS) is 41.0. The van der Waals surface area contributed by atoms with E-state index in [1.807, 2.05) is 6.07 Å². The third-order valence-corrected chi connectivity index (χ3v) is 8.81. The third kappa shape index (κ3) is 1.76. The second-order valence-electron chi connectivity index (χ2n) is 9.48. The molecule has 1 saturated carbocycles. The van der Waals surface area contributed by atoms with Gasteiger partial charge in [0.25, 0.3) is 0 Å². The van der Waals surface area contributed by atoms with Gasteiger partial charge < -0.3 is 19.1 Å². The second-order valence-corrected chi connectivity index (χ2v) is 9.48. The fourth-order valence-corrected chi connectivity index (χ4v) is 7.87. The van der Waals surface area contributed by atoms with Gasteiger partial charge >= 0.3 is 0 Å². The first-order chi connectivity index (χ1) is 14.2. The molecule has 29 heavy (non-hydrogen) atoms. The first-order valence-electron chi connectivity index (χ1n) is 10.8. The molecule has 3 saturated heterocycles. The van der Waals surface area contributed by atoms with Crippen LogP contribution >= 0.6 is 0 Å². The molecule has 6 nitrogen and oxygen atoms in total. The molecule has 6 atom stereocenters. The third-order valence-electron chi connectivity index (χ3n) is 8.81. The van der Waals surface area contributed by atoms with Crippen LogP contribution in [-0.4, -0.2) is 62.9 Å². The smallest absolute Gasteiger partial charge is 0.229 e. The molecule has 5 heterocycles. The van der Waals surface area contributed by atoms with Gasteiger partial charge in [-0.25, -0.2) is 0 Å². The van der Waals surface area contributed by atoms with Crippen LogP contribution in [0.5, 0.6) is 11.5 Å². The maximum Gasteiger partial charge on any atom is 0.229 e. The summed E-state index contributed by atoms with van der Waals surface area (Å²) in [6.45, 7) is 2.80. The number of ether oxygens (including phenoxy) is 3. The van der Waals surface area contributed by atoms with Crippen LogP contribution in [0.15, 0.2) is 23.8 Å². The van der Waals surface area contributed by atoms with Gasteiger partial charge in [0, 0.05) is 30.0 Å². The molecule has 1 amide bonds. The highest BCUT2D eigenvalue weighted by Crippen LogP contribution is 2.66. The number of benzene rings is 1. The summed E-state index contributed by atoms with van der Waals surface area (Å²) in [5.74, 6) is 2.57. The van der Waals surface area contributed by atoms with E-state index >= 15 is 0 Å². The summed E-state index contributed by atoms with van der Waals surface area (Å²) in [5.41, 5.74) is 3.85. The zero-order valence-electron chi connectivity index (χ0n) is 16.9. The van der Waals surface area contributed by atoms with Crippen LogP contribution in [0.1, 0.15) is 24.8 Å². The second kappa shape index (κ2) is 5.35. The van der Waals surface area contributed by atoms with Crippen molar-refractivity contribution >= 4 is 11.6 Å². The SMILES string of the molecule is COc1cc2c(cc1OC)[C@@]13CCN4CC5=CCOC6CC(=O)N2C1C6[C@@H]5C[C@@H]43. The average molecular weight is 394 g/mol. The predicted molar refractivity (Wildman–Crippen MR) is 107 cm³/mol. The number of carbonyl (C=O) groups is 1. The number of nitrogens with zero attached hydrogens (tertiary/aromatic N) is 2. The lowest BCUT2D eigenvalue weighted by atomic mass is 9.53. The van der Waals surface area contributed by atoms with Crippen molar-refractivity contribution < 1.29 is 19.0 Å². The zero-order valence-corrected chi connectivity index (χ0v) is 16.9. The molecule has 6 heteroatoms. The Bertz CT molecular complexity index is 974. The highest BCUT2D eigenvalue weighted by atomic mass is 16.5. The fraction of sp³-hybridized carbons (Fsp3) is 0.609. The predicted octanol–water partition coefficient (Wildman–Crippen LogP) is 2.11. The number of carbonyl (C=O) groups excluding carboxylic acids is 1. The molecule has 4 fully saturated rings. The molecule has 0 aromatic heterocycles. The molecule has 1 aromatic carbocycles. The average Bonchev–Trinajstić information content (AvgIpc) is 3.20. The molecule has 7 rings (SSSR count). The van der Waals surface area contributed by atoms with E-state index in [-0.39, 0.29) is 23.5 Å². The lowest BCUT2D eigenvalue weighted by molar-refractivity contribution is -0.132. The lowest BCUT2D eigenvalue weighted by Crippen LogP contribution is -2.69. The number of anilines is 1. The van der Waals surface area contributed by atoms with Gasteiger partial charge in [-0.1, -0.05) is 11.6 Å². The molecule has 0 radical (unpaired) electrons. The van der Waals surface area contributed by atoms with E-state index in [9.17, 15) is 4.79 Å². The molecule has 1 spiro atoms. The van der Waals surface area contributed by atoms with Crippen molar-refractivity contribution in [2.45, 2.75) is 42.9 Å². The number of methoxy groups -OCH3 is 2. The summed E-state index contributed by atoms with van der Waals surface area (Å²) in [7, 11) is 3.36. The number of fused-ring (bicyclic) bond motifs is 2. The molecular weight excluding hydrogens is 368 g/mol. The van der Waals surface area contributed by atoms with E-state index in [2.05, 4.69) is 21.9 Å². The van der Waals surface area contributed by atoms with Gasteiger partial charge in [-0.3, -0.25) is 9.69 Å². The Hall–Kier alpha value is -2.05. The summed E-state index contributed by atoms with van der Waals surface area (Å²) >= 11 is 0. The zero-order chi connectivity index (χ0) is 19.5. The number of rotatable bonds is 2. The molecule has 1 aliphatic carbocycles. The van der Waals surface area contributed by atoms with Gasteiger partial charge in [-0.15, -0.1) is 0 Å². The van der Waals surface area contributed by atoms with Crippen LogP contribution < -0.4 is 14.4 Å². The number of hydrogen-bond acceptors (Lipinski definition) is 5. The van der Waals surface area contributed by atoms with Gasteiger partial charge in [0.05, 0.1) is 45.1 Å². The van der Waals surface area contributed by atoms with Crippen molar-refractivity contribution in [1.29, 1.82) is 0 Å². The number of hydrogen-bond donors (Lipinski definition) is 0. The molecule has 152 valence electrons. The minimum atomic E-state index is -0.0242. The van der Waals surface area contributed by atoms with Crippen LogP contribution in [0.2, 0.25) is 0 Å². The quantitative estimate of drug-likeness (QED) is 0.719. The summed E-state index contributed by atoms with van der Waals surface area (Å²) in [6, 6.07) is 4.87. The van der Waals surface area contributed by atoms with E-state index < -0.39 is 0 Å². The fourth-order valence-electron chi connectivity index (χ4n) is 7.87. The van der Waals surface area contributed by atoms with E-state index in [1.54, 1.807) is 19.8 Å². The minimum absolute atomic E-state index is 0.0242. The Labute approximate surface area is 170 Å². The summed E-state index contributed by atoms with van der Waals surface area (Å²) in [6.07, 6.45) is 5.11. The van der Waals surface area contributed by atoms with Crippen molar-refractivity contribution in [3.05, 3.63) is 29.3 Å². The van der Waals surface area contributed by atoms with Crippen LogP contribution in [0.25, 0.3) is 0 Å². The van der Waals surface area contributed by atoms with Crippen molar-refractivity contribution in [2.24, 2.45) is 11.8 Å². The monoisotopic (exact) mass is 394 g/mol. The van der Waals surface area contributed by atoms with Gasteiger partial charge in [0.15, 0.2) is 11.5 Å². The van der Waals surface area contributed by atoms with E-state index in [0.717, 1.165) is 30.9 Å². The Morgan fingerprint density at radius 1 is 1.21 bits per heavy atom. The maximum absolute atomic E-state index is 13.5. The number of amides is 1. The highest BCUT2D eigenvalue weighted by molar-refractivity contribution is 5.99. The lowest BCUT2D eigenvalue weighted by Gasteiger charge is -2.58. The van der Waals surface area contributed by atoms with Crippen molar-refractivity contribution in [3.8, 4) is 11.5 Å². The summed E-state index contributed by atoms with van der Waals surface area (Å²) in [4.78, 5) is 18.3. The van der Waals surface area contributed by atoms with Crippen LogP contribution in [0.4, 0.5) is 5.69 Å². The van der Waals surface area contributed by atoms with E-state index in [1.165, 1.54) is 12.0 Å². The summed E-state index contributed by atoms with van der Waals surface area (Å²) < 4.78 is 17.6. The Kier molecular flexibility index (Phi) is 3.08. The van der Waals surface area contributed by atoms with Crippen molar-refractivity contribution in [2.75, 3.05) is 38.8 Å². The molecular formula is C23H26N2O4. The molecule has 1 aromatic rings. The Balaban J connectivity index is 1.52. The van der Waals surface area contributed by atoms with Gasteiger partial charge in [0.2, 0.25) is 5.91 Å². The van der Waals surface area contributed by atoms with Crippen LogP contribution in [0.3, 0.4) is 0 Å². The Morgan fingerprint density at radius 3 is 2.86 bits per heavy atom. The first kappa shape index (κ1) is 16.7. The van der Waals surface area contributed by atoms with Crippen molar-refractivity contribution in [3.63, 3.8) is 0 Å². The van der Waals surface area contributed by atoms with E-state index in [0.29, 0.717) is 36.7 Å². The van der Waals surface area contributed by atoms with E-state index in [4.69, 9.17) is 14.2 Å². The first-order valence-corrected chi connectivity index (χ1v) is 10.8. The van der Waals surface area contributed by atoms with Crippen molar-refractivity contribution in [1.82, 2.24) is 4.90 Å². The minimum Gasteiger partial charge on any atom is -0.493 e. The molecule has 0 N–H and O–H groups in total. The maximum atomic E-state index is 13.5. The molecule has 6 aliphatic rings. The summed E-state index contributed by atoms with van der Waals surface area (Å²) in [5, 5.41) is 0. The highest BCUT2D eigenvalue weighted by Gasteiger charge is 2.71. The van der Waals surface area contributed by atoms with Crippen LogP contribution in [0, 0.1) is 11.8 Å². The Morgan fingerprint density at radius 2 is 2.03 bits per heavy atom.